The van der Waals surface area contributed by atoms with Crippen molar-refractivity contribution in [2.75, 3.05) is 6.54 Å². The zero-order valence-electron chi connectivity index (χ0n) is 9.40. The average molecular weight is 286 g/mol. The van der Waals surface area contributed by atoms with E-state index in [1.54, 1.807) is 13.8 Å². The fourth-order valence-corrected chi connectivity index (χ4v) is 1.33. The molecule has 0 bridgehead atoms. The van der Waals surface area contributed by atoms with Crippen molar-refractivity contribution in [3.63, 3.8) is 0 Å². The molecule has 1 amide bonds. The number of benzene rings is 1. The summed E-state index contributed by atoms with van der Waals surface area (Å²) in [6.45, 7) is 3.74. The van der Waals surface area contributed by atoms with Crippen LogP contribution >= 0.6 is 15.9 Å². The molecule has 0 heterocycles. The molecule has 16 heavy (non-hydrogen) atoms. The Labute approximate surface area is 104 Å². The lowest BCUT2D eigenvalue weighted by atomic mass is 10.1. The summed E-state index contributed by atoms with van der Waals surface area (Å²) in [4.78, 5) is 11.5. The third-order valence-electron chi connectivity index (χ3n) is 2.18. The lowest BCUT2D eigenvalue weighted by Gasteiger charge is -2.18. The van der Waals surface area contributed by atoms with Crippen LogP contribution in [0.1, 0.15) is 25.5 Å². The molecule has 0 saturated carbocycles. The van der Waals surface area contributed by atoms with Crippen molar-refractivity contribution in [2.45, 2.75) is 24.3 Å². The number of carbonyl (C=O) groups is 1. The van der Waals surface area contributed by atoms with E-state index in [4.69, 9.17) is 0 Å². The maximum absolute atomic E-state index is 11.5. The highest BCUT2D eigenvalue weighted by Gasteiger charge is 2.23. The van der Waals surface area contributed by atoms with Crippen molar-refractivity contribution >= 4 is 21.8 Å². The molecule has 1 atom stereocenters. The van der Waals surface area contributed by atoms with Crippen LogP contribution in [0.25, 0.3) is 0 Å². The van der Waals surface area contributed by atoms with Gasteiger partial charge in [0.25, 0.3) is 0 Å². The quantitative estimate of drug-likeness (QED) is 0.832. The van der Waals surface area contributed by atoms with Gasteiger partial charge in [-0.1, -0.05) is 46.3 Å². The van der Waals surface area contributed by atoms with Crippen molar-refractivity contribution in [1.82, 2.24) is 5.32 Å². The largest absolute Gasteiger partial charge is 0.387 e. The highest BCUT2D eigenvalue weighted by Crippen LogP contribution is 2.16. The van der Waals surface area contributed by atoms with Crippen LogP contribution in [0.5, 0.6) is 0 Å². The molecular formula is C12H16BrNO2. The first-order valence-electron chi connectivity index (χ1n) is 5.11. The van der Waals surface area contributed by atoms with E-state index in [0.29, 0.717) is 0 Å². The van der Waals surface area contributed by atoms with Crippen molar-refractivity contribution in [1.29, 1.82) is 0 Å². The van der Waals surface area contributed by atoms with Gasteiger partial charge in [-0.3, -0.25) is 4.79 Å². The number of alkyl halides is 1. The SMILES string of the molecule is CC(C)(Br)C(=O)NCC(O)c1ccccc1. The van der Waals surface area contributed by atoms with Gasteiger partial charge in [-0.05, 0) is 19.4 Å². The summed E-state index contributed by atoms with van der Waals surface area (Å²) in [7, 11) is 0. The van der Waals surface area contributed by atoms with Gasteiger partial charge < -0.3 is 10.4 Å². The van der Waals surface area contributed by atoms with Crippen LogP contribution < -0.4 is 5.32 Å². The average Bonchev–Trinajstić information content (AvgIpc) is 2.25. The number of amides is 1. The molecule has 0 aliphatic carbocycles. The first kappa shape index (κ1) is 13.2. The predicted molar refractivity (Wildman–Crippen MR) is 67.4 cm³/mol. The van der Waals surface area contributed by atoms with Gasteiger partial charge in [0.15, 0.2) is 0 Å². The van der Waals surface area contributed by atoms with Gasteiger partial charge in [-0.2, -0.15) is 0 Å². The third-order valence-corrected chi connectivity index (χ3v) is 2.54. The van der Waals surface area contributed by atoms with Crippen LogP contribution in [0, 0.1) is 0 Å². The van der Waals surface area contributed by atoms with Crippen molar-refractivity contribution < 1.29 is 9.90 Å². The second-order valence-corrected chi connectivity index (χ2v) is 6.09. The molecular weight excluding hydrogens is 270 g/mol. The number of hydrogen-bond acceptors (Lipinski definition) is 2. The molecule has 4 heteroatoms. The Hall–Kier alpha value is -0.870. The molecule has 0 fully saturated rings. The molecule has 0 aliphatic heterocycles. The zero-order chi connectivity index (χ0) is 12.2. The van der Waals surface area contributed by atoms with Gasteiger partial charge in [0.2, 0.25) is 5.91 Å². The summed E-state index contributed by atoms with van der Waals surface area (Å²) >= 11 is 3.26. The molecule has 88 valence electrons. The lowest BCUT2D eigenvalue weighted by Crippen LogP contribution is -2.39. The summed E-state index contributed by atoms with van der Waals surface area (Å²) in [6.07, 6.45) is -0.667. The van der Waals surface area contributed by atoms with E-state index in [1.807, 2.05) is 30.3 Å². The number of halogens is 1. The summed E-state index contributed by atoms with van der Waals surface area (Å²) in [6, 6.07) is 9.26. The predicted octanol–water partition coefficient (Wildman–Crippen LogP) is 2.01. The van der Waals surface area contributed by atoms with E-state index in [0.717, 1.165) is 5.56 Å². The number of hydrogen-bond donors (Lipinski definition) is 2. The number of aliphatic hydroxyl groups is 1. The molecule has 1 aromatic carbocycles. The summed E-state index contributed by atoms with van der Waals surface area (Å²) in [5.41, 5.74) is 0.801. The Kier molecular flexibility index (Phi) is 4.50. The summed E-state index contributed by atoms with van der Waals surface area (Å²) in [5, 5.41) is 12.5. The Bertz CT molecular complexity index is 346. The van der Waals surface area contributed by atoms with Gasteiger partial charge in [-0.15, -0.1) is 0 Å². The van der Waals surface area contributed by atoms with E-state index in [2.05, 4.69) is 21.2 Å². The van der Waals surface area contributed by atoms with Crippen LogP contribution in [-0.2, 0) is 4.79 Å². The Morgan fingerprint density at radius 2 is 2.00 bits per heavy atom. The van der Waals surface area contributed by atoms with Gasteiger partial charge in [0, 0.05) is 6.54 Å². The van der Waals surface area contributed by atoms with Gasteiger partial charge in [-0.25, -0.2) is 0 Å². The second kappa shape index (κ2) is 5.46. The fraction of sp³-hybridized carbons (Fsp3) is 0.417. The van der Waals surface area contributed by atoms with Gasteiger partial charge in [0.1, 0.15) is 0 Å². The fourth-order valence-electron chi connectivity index (χ4n) is 1.19. The molecule has 0 aromatic heterocycles. The van der Waals surface area contributed by atoms with Crippen LogP contribution in [-0.4, -0.2) is 21.9 Å². The number of nitrogens with one attached hydrogen (secondary N) is 1. The molecule has 0 radical (unpaired) electrons. The van der Waals surface area contributed by atoms with Crippen molar-refractivity contribution in [2.24, 2.45) is 0 Å². The van der Waals surface area contributed by atoms with E-state index in [1.165, 1.54) is 0 Å². The Balaban J connectivity index is 2.48. The van der Waals surface area contributed by atoms with E-state index in [-0.39, 0.29) is 12.5 Å². The Morgan fingerprint density at radius 1 is 1.44 bits per heavy atom. The van der Waals surface area contributed by atoms with E-state index >= 15 is 0 Å². The van der Waals surface area contributed by atoms with Crippen LogP contribution in [0.3, 0.4) is 0 Å². The van der Waals surface area contributed by atoms with Crippen LogP contribution in [0.4, 0.5) is 0 Å². The normalized spacial score (nSPS) is 13.2. The van der Waals surface area contributed by atoms with Crippen molar-refractivity contribution in [3.8, 4) is 0 Å². The summed E-state index contributed by atoms with van der Waals surface area (Å²) in [5.74, 6) is -0.137. The molecule has 1 unspecified atom stereocenters. The molecule has 2 N–H and O–H groups in total. The highest BCUT2D eigenvalue weighted by molar-refractivity contribution is 9.10. The topological polar surface area (TPSA) is 49.3 Å². The first-order valence-corrected chi connectivity index (χ1v) is 5.91. The van der Waals surface area contributed by atoms with Gasteiger partial charge in [0.05, 0.1) is 10.4 Å². The maximum Gasteiger partial charge on any atom is 0.236 e. The number of carbonyl (C=O) groups excluding carboxylic acids is 1. The van der Waals surface area contributed by atoms with E-state index < -0.39 is 10.4 Å². The monoisotopic (exact) mass is 285 g/mol. The molecule has 0 spiro atoms. The van der Waals surface area contributed by atoms with Gasteiger partial charge >= 0.3 is 0 Å². The standard InChI is InChI=1S/C12H16BrNO2/c1-12(2,13)11(16)14-8-10(15)9-6-4-3-5-7-9/h3-7,10,15H,8H2,1-2H3,(H,14,16). The minimum Gasteiger partial charge on any atom is -0.387 e. The number of rotatable bonds is 4. The highest BCUT2D eigenvalue weighted by atomic mass is 79.9. The lowest BCUT2D eigenvalue weighted by molar-refractivity contribution is -0.122. The van der Waals surface area contributed by atoms with Crippen LogP contribution in [0.15, 0.2) is 30.3 Å². The molecule has 1 aromatic rings. The smallest absolute Gasteiger partial charge is 0.236 e. The molecule has 3 nitrogen and oxygen atoms in total. The molecule has 0 saturated heterocycles. The molecule has 0 aliphatic rings. The minimum absolute atomic E-state index is 0.137. The zero-order valence-corrected chi connectivity index (χ0v) is 11.0. The third kappa shape index (κ3) is 3.94. The van der Waals surface area contributed by atoms with Crippen molar-refractivity contribution in [3.05, 3.63) is 35.9 Å². The second-order valence-electron chi connectivity index (χ2n) is 4.11. The number of aliphatic hydroxyl groups excluding tert-OH is 1. The Morgan fingerprint density at radius 3 is 2.50 bits per heavy atom. The minimum atomic E-state index is -0.667. The summed E-state index contributed by atoms with van der Waals surface area (Å²) < 4.78 is -0.608. The first-order chi connectivity index (χ1) is 7.41. The molecule has 1 rings (SSSR count). The van der Waals surface area contributed by atoms with E-state index in [9.17, 15) is 9.90 Å². The van der Waals surface area contributed by atoms with Crippen LogP contribution in [0.2, 0.25) is 0 Å². The maximum atomic E-state index is 11.5.